The Morgan fingerprint density at radius 1 is 1.40 bits per heavy atom. The highest BCUT2D eigenvalue weighted by atomic mass is 16.2. The van der Waals surface area contributed by atoms with E-state index in [9.17, 15) is 4.79 Å². The van der Waals surface area contributed by atoms with Crippen LogP contribution in [0.3, 0.4) is 0 Å². The molecular weight excluding hydrogens is 190 g/mol. The smallest absolute Gasteiger partial charge is 0.244 e. The minimum absolute atomic E-state index is 0.209. The van der Waals surface area contributed by atoms with Gasteiger partial charge in [0.15, 0.2) is 0 Å². The lowest BCUT2D eigenvalue weighted by Gasteiger charge is -2.23. The van der Waals surface area contributed by atoms with E-state index in [0.717, 1.165) is 5.56 Å². The van der Waals surface area contributed by atoms with E-state index in [-0.39, 0.29) is 5.91 Å². The Morgan fingerprint density at radius 3 is 2.53 bits per heavy atom. The number of benzene rings is 1. The molecule has 4 nitrogen and oxygen atoms in total. The van der Waals surface area contributed by atoms with Gasteiger partial charge in [-0.2, -0.15) is 0 Å². The lowest BCUT2D eigenvalue weighted by molar-refractivity contribution is -0.126. The first-order valence-corrected chi connectivity index (χ1v) is 4.92. The van der Waals surface area contributed by atoms with Crippen LogP contribution in [0.4, 0.5) is 0 Å². The molecule has 1 amide bonds. The monoisotopic (exact) mass is 207 g/mol. The summed E-state index contributed by atoms with van der Waals surface area (Å²) in [5.74, 6) is -0.209. The number of carbonyl (C=O) groups excluding carboxylic acids is 1. The molecule has 0 bridgehead atoms. The molecule has 0 aliphatic carbocycles. The molecule has 1 rings (SSSR count). The lowest BCUT2D eigenvalue weighted by Crippen LogP contribution is -2.49. The van der Waals surface area contributed by atoms with Crippen molar-refractivity contribution in [1.29, 1.82) is 0 Å². The van der Waals surface area contributed by atoms with Gasteiger partial charge in [-0.15, -0.1) is 0 Å². The molecule has 0 saturated carbocycles. The first kappa shape index (κ1) is 11.7. The third-order valence-electron chi connectivity index (χ3n) is 2.28. The van der Waals surface area contributed by atoms with Gasteiger partial charge in [0.25, 0.3) is 0 Å². The minimum Gasteiger partial charge on any atom is -0.353 e. The highest BCUT2D eigenvalue weighted by molar-refractivity contribution is 5.86. The fourth-order valence-electron chi connectivity index (χ4n) is 1.28. The van der Waals surface area contributed by atoms with Crippen LogP contribution in [0.15, 0.2) is 30.3 Å². The van der Waals surface area contributed by atoms with Crippen molar-refractivity contribution in [1.82, 2.24) is 5.32 Å². The van der Waals surface area contributed by atoms with Crippen LogP contribution < -0.4 is 16.8 Å². The third-order valence-corrected chi connectivity index (χ3v) is 2.28. The van der Waals surface area contributed by atoms with E-state index >= 15 is 0 Å². The number of carbonyl (C=O) groups is 1. The van der Waals surface area contributed by atoms with Crippen molar-refractivity contribution in [2.75, 3.05) is 13.1 Å². The van der Waals surface area contributed by atoms with E-state index in [1.165, 1.54) is 0 Å². The largest absolute Gasteiger partial charge is 0.353 e. The van der Waals surface area contributed by atoms with E-state index in [2.05, 4.69) is 5.32 Å². The van der Waals surface area contributed by atoms with Crippen LogP contribution in [0.5, 0.6) is 0 Å². The molecule has 0 saturated heterocycles. The molecule has 1 aromatic rings. The van der Waals surface area contributed by atoms with Gasteiger partial charge in [-0.25, -0.2) is 0 Å². The summed E-state index contributed by atoms with van der Waals surface area (Å²) in [6.45, 7) is 2.54. The van der Waals surface area contributed by atoms with Gasteiger partial charge in [-0.3, -0.25) is 4.79 Å². The van der Waals surface area contributed by atoms with Gasteiger partial charge in [0, 0.05) is 13.1 Å². The van der Waals surface area contributed by atoms with Gasteiger partial charge >= 0.3 is 0 Å². The first-order valence-electron chi connectivity index (χ1n) is 4.92. The minimum atomic E-state index is -1.00. The zero-order chi connectivity index (χ0) is 11.3. The van der Waals surface area contributed by atoms with Gasteiger partial charge in [-0.05, 0) is 12.5 Å². The van der Waals surface area contributed by atoms with Crippen LogP contribution in [0.25, 0.3) is 0 Å². The van der Waals surface area contributed by atoms with Crippen LogP contribution in [0, 0.1) is 0 Å². The maximum absolute atomic E-state index is 11.7. The molecule has 0 spiro atoms. The topological polar surface area (TPSA) is 81.1 Å². The Labute approximate surface area is 89.6 Å². The Bertz CT molecular complexity index is 322. The van der Waals surface area contributed by atoms with Crippen LogP contribution in [-0.2, 0) is 10.3 Å². The summed E-state index contributed by atoms with van der Waals surface area (Å²) in [5, 5.41) is 2.68. The number of nitrogens with one attached hydrogen (secondary N) is 1. The van der Waals surface area contributed by atoms with Crippen LogP contribution in [-0.4, -0.2) is 19.0 Å². The zero-order valence-corrected chi connectivity index (χ0v) is 8.86. The molecular formula is C11H17N3O. The van der Waals surface area contributed by atoms with Gasteiger partial charge < -0.3 is 16.8 Å². The molecule has 1 unspecified atom stereocenters. The Morgan fingerprint density at radius 2 is 2.00 bits per heavy atom. The summed E-state index contributed by atoms with van der Waals surface area (Å²) in [5.41, 5.74) is 11.1. The summed E-state index contributed by atoms with van der Waals surface area (Å²) < 4.78 is 0. The van der Waals surface area contributed by atoms with Gasteiger partial charge in [0.05, 0.1) is 0 Å². The number of hydrogen-bond acceptors (Lipinski definition) is 3. The quantitative estimate of drug-likeness (QED) is 0.646. The summed E-state index contributed by atoms with van der Waals surface area (Å²) in [7, 11) is 0. The lowest BCUT2D eigenvalue weighted by atomic mass is 9.92. The van der Waals surface area contributed by atoms with Crippen LogP contribution in [0.2, 0.25) is 0 Å². The molecule has 0 fully saturated rings. The van der Waals surface area contributed by atoms with Crippen molar-refractivity contribution >= 4 is 5.91 Å². The third kappa shape index (κ3) is 2.78. The maximum atomic E-state index is 11.7. The summed E-state index contributed by atoms with van der Waals surface area (Å²) in [4.78, 5) is 11.7. The van der Waals surface area contributed by atoms with Gasteiger partial charge in [0.2, 0.25) is 5.91 Å². The molecule has 1 atom stereocenters. The number of hydrogen-bond donors (Lipinski definition) is 3. The number of rotatable bonds is 4. The number of amides is 1. The molecule has 15 heavy (non-hydrogen) atoms. The SMILES string of the molecule is CC(N)(C(=O)NCCN)c1ccccc1. The highest BCUT2D eigenvalue weighted by Crippen LogP contribution is 2.16. The van der Waals surface area contributed by atoms with E-state index in [1.54, 1.807) is 6.92 Å². The van der Waals surface area contributed by atoms with Gasteiger partial charge in [0.1, 0.15) is 5.54 Å². The normalized spacial score (nSPS) is 14.3. The predicted molar refractivity (Wildman–Crippen MR) is 60.0 cm³/mol. The average Bonchev–Trinajstić information content (AvgIpc) is 2.27. The first-order chi connectivity index (χ1) is 7.09. The van der Waals surface area contributed by atoms with Crippen LogP contribution in [0.1, 0.15) is 12.5 Å². The van der Waals surface area contributed by atoms with E-state index in [4.69, 9.17) is 11.5 Å². The molecule has 0 radical (unpaired) electrons. The van der Waals surface area contributed by atoms with E-state index < -0.39 is 5.54 Å². The molecule has 0 aliphatic heterocycles. The Balaban J connectivity index is 2.78. The van der Waals surface area contributed by atoms with Crippen molar-refractivity contribution in [2.24, 2.45) is 11.5 Å². The van der Waals surface area contributed by atoms with Crippen molar-refractivity contribution < 1.29 is 4.79 Å². The molecule has 1 aromatic carbocycles. The van der Waals surface area contributed by atoms with E-state index in [0.29, 0.717) is 13.1 Å². The average molecular weight is 207 g/mol. The molecule has 0 heterocycles. The molecule has 82 valence electrons. The molecule has 5 N–H and O–H groups in total. The fraction of sp³-hybridized carbons (Fsp3) is 0.364. The second kappa shape index (κ2) is 4.91. The van der Waals surface area contributed by atoms with E-state index in [1.807, 2.05) is 30.3 Å². The predicted octanol–water partition coefficient (Wildman–Crippen LogP) is -0.0646. The fourth-order valence-corrected chi connectivity index (χ4v) is 1.28. The van der Waals surface area contributed by atoms with Crippen molar-refractivity contribution in [2.45, 2.75) is 12.5 Å². The molecule has 0 aliphatic rings. The Hall–Kier alpha value is -1.39. The summed E-state index contributed by atoms with van der Waals surface area (Å²) in [6.07, 6.45) is 0. The Kier molecular flexibility index (Phi) is 3.82. The standard InChI is InChI=1S/C11H17N3O/c1-11(13,10(15)14-8-7-12)9-5-3-2-4-6-9/h2-6H,7-8,12-13H2,1H3,(H,14,15). The second-order valence-electron chi connectivity index (χ2n) is 3.61. The van der Waals surface area contributed by atoms with Crippen molar-refractivity contribution in [3.05, 3.63) is 35.9 Å². The van der Waals surface area contributed by atoms with Crippen LogP contribution >= 0.6 is 0 Å². The summed E-state index contributed by atoms with van der Waals surface area (Å²) in [6, 6.07) is 9.27. The maximum Gasteiger partial charge on any atom is 0.244 e. The molecule has 4 heteroatoms. The molecule has 0 aromatic heterocycles. The summed E-state index contributed by atoms with van der Waals surface area (Å²) >= 11 is 0. The second-order valence-corrected chi connectivity index (χ2v) is 3.61. The van der Waals surface area contributed by atoms with Crippen molar-refractivity contribution in [3.8, 4) is 0 Å². The highest BCUT2D eigenvalue weighted by Gasteiger charge is 2.29. The zero-order valence-electron chi connectivity index (χ0n) is 8.86. The number of nitrogens with two attached hydrogens (primary N) is 2. The van der Waals surface area contributed by atoms with Crippen molar-refractivity contribution in [3.63, 3.8) is 0 Å². The van der Waals surface area contributed by atoms with Gasteiger partial charge in [-0.1, -0.05) is 30.3 Å².